The van der Waals surface area contributed by atoms with Crippen molar-refractivity contribution in [3.05, 3.63) is 158 Å². The third-order valence-corrected chi connectivity index (χ3v) is 11.0. The Bertz CT molecular complexity index is 1560. The number of esters is 2. The molecule has 0 fully saturated rings. The molecule has 0 saturated carbocycles. The second kappa shape index (κ2) is 58.8. The first-order chi connectivity index (χ1) is 34.6. The minimum Gasteiger partial charge on any atom is -0.462 e. The van der Waals surface area contributed by atoms with E-state index in [4.69, 9.17) is 14.2 Å². The molecule has 1 atom stereocenters. The summed E-state index contributed by atoms with van der Waals surface area (Å²) in [5.41, 5.74) is 0. The van der Waals surface area contributed by atoms with Crippen LogP contribution in [-0.2, 0) is 23.8 Å². The van der Waals surface area contributed by atoms with E-state index in [1.807, 2.05) is 0 Å². The zero-order valence-electron chi connectivity index (χ0n) is 45.0. The number of ether oxygens (including phenoxy) is 3. The van der Waals surface area contributed by atoms with Crippen LogP contribution in [-0.4, -0.2) is 37.9 Å². The van der Waals surface area contributed by atoms with Crippen molar-refractivity contribution in [2.24, 2.45) is 0 Å². The maximum Gasteiger partial charge on any atom is 0.306 e. The van der Waals surface area contributed by atoms with Gasteiger partial charge in [-0.15, -0.1) is 0 Å². The SMILES string of the molecule is CC/C=C\C/C=C\C/C=C\C/C=C\C/C=C\C/C=C\CCCOCC(COC(=O)CCC/C=C\C/C=C\C/C=C\C/C=C\C/C=C\CC)OC(=O)CCCCCCCCC/C=C\C/C=C\CCCCC. The van der Waals surface area contributed by atoms with E-state index in [-0.39, 0.29) is 25.2 Å². The summed E-state index contributed by atoms with van der Waals surface area (Å²) in [7, 11) is 0. The molecule has 5 nitrogen and oxygen atoms in total. The van der Waals surface area contributed by atoms with E-state index in [1.165, 1.54) is 51.4 Å². The molecule has 1 unspecified atom stereocenters. The molecule has 0 rings (SSSR count). The molecule has 0 aliphatic rings. The number of hydrogen-bond acceptors (Lipinski definition) is 5. The van der Waals surface area contributed by atoms with Crippen LogP contribution >= 0.6 is 0 Å². The molecule has 0 N–H and O–H groups in total. The van der Waals surface area contributed by atoms with E-state index in [2.05, 4.69) is 179 Å². The highest BCUT2D eigenvalue weighted by atomic mass is 16.6. The lowest BCUT2D eigenvalue weighted by Gasteiger charge is -2.18. The van der Waals surface area contributed by atoms with E-state index in [1.54, 1.807) is 0 Å². The Balaban J connectivity index is 4.53. The van der Waals surface area contributed by atoms with Gasteiger partial charge in [-0.1, -0.05) is 224 Å². The maximum atomic E-state index is 12.9. The van der Waals surface area contributed by atoms with Gasteiger partial charge >= 0.3 is 11.9 Å². The minimum atomic E-state index is -0.607. The summed E-state index contributed by atoms with van der Waals surface area (Å²) in [4.78, 5) is 25.5. The first kappa shape index (κ1) is 65.5. The molecule has 0 bridgehead atoms. The highest BCUT2D eigenvalue weighted by Crippen LogP contribution is 2.12. The van der Waals surface area contributed by atoms with Crippen molar-refractivity contribution in [3.63, 3.8) is 0 Å². The van der Waals surface area contributed by atoms with Gasteiger partial charge in [0.05, 0.1) is 6.61 Å². The molecule has 0 radical (unpaired) electrons. The molecule has 0 aromatic carbocycles. The average molecular weight is 964 g/mol. The summed E-state index contributed by atoms with van der Waals surface area (Å²) in [6.45, 7) is 7.34. The van der Waals surface area contributed by atoms with Crippen LogP contribution in [0.15, 0.2) is 158 Å². The molecule has 0 aromatic rings. The van der Waals surface area contributed by atoms with Crippen LogP contribution in [0.25, 0.3) is 0 Å². The third kappa shape index (κ3) is 56.1. The summed E-state index contributed by atoms with van der Waals surface area (Å²) in [6.07, 6.45) is 87.0. The van der Waals surface area contributed by atoms with Gasteiger partial charge in [0.15, 0.2) is 6.10 Å². The van der Waals surface area contributed by atoms with Crippen LogP contribution in [0.4, 0.5) is 0 Å². The van der Waals surface area contributed by atoms with Gasteiger partial charge in [0, 0.05) is 19.4 Å². The Morgan fingerprint density at radius 3 is 1.07 bits per heavy atom. The molecule has 0 aliphatic heterocycles. The fourth-order valence-electron chi connectivity index (χ4n) is 6.94. The summed E-state index contributed by atoms with van der Waals surface area (Å²) >= 11 is 0. The van der Waals surface area contributed by atoms with Crippen molar-refractivity contribution in [3.8, 4) is 0 Å². The van der Waals surface area contributed by atoms with Crippen LogP contribution in [0, 0.1) is 0 Å². The van der Waals surface area contributed by atoms with Gasteiger partial charge in [0.25, 0.3) is 0 Å². The molecule has 0 amide bonds. The Labute approximate surface area is 431 Å². The Hall–Kier alpha value is -4.48. The predicted molar refractivity (Wildman–Crippen MR) is 306 cm³/mol. The molecule has 5 heteroatoms. The molecule has 0 aromatic heterocycles. The smallest absolute Gasteiger partial charge is 0.306 e. The molecule has 0 heterocycles. The molecule has 392 valence electrons. The van der Waals surface area contributed by atoms with E-state index < -0.39 is 6.10 Å². The summed E-state index contributed by atoms with van der Waals surface area (Å²) < 4.78 is 17.3. The van der Waals surface area contributed by atoms with Crippen molar-refractivity contribution in [1.82, 2.24) is 0 Å². The number of allylic oxidation sites excluding steroid dienone is 26. The zero-order valence-corrected chi connectivity index (χ0v) is 45.0. The van der Waals surface area contributed by atoms with Crippen LogP contribution in [0.2, 0.25) is 0 Å². The average Bonchev–Trinajstić information content (AvgIpc) is 3.36. The fourth-order valence-corrected chi connectivity index (χ4v) is 6.94. The first-order valence-electron chi connectivity index (χ1n) is 28.0. The highest BCUT2D eigenvalue weighted by molar-refractivity contribution is 5.70. The Kier molecular flexibility index (Phi) is 55.1. The highest BCUT2D eigenvalue weighted by Gasteiger charge is 2.17. The lowest BCUT2D eigenvalue weighted by atomic mass is 10.1. The topological polar surface area (TPSA) is 61.8 Å². The fraction of sp³-hybridized carbons (Fsp3) is 0.569. The number of rotatable bonds is 49. The lowest BCUT2D eigenvalue weighted by Crippen LogP contribution is -2.30. The van der Waals surface area contributed by atoms with Crippen molar-refractivity contribution in [1.29, 1.82) is 0 Å². The van der Waals surface area contributed by atoms with Crippen molar-refractivity contribution >= 4 is 11.9 Å². The number of carbonyl (C=O) groups excluding carboxylic acids is 2. The van der Waals surface area contributed by atoms with E-state index in [0.29, 0.717) is 25.9 Å². The third-order valence-electron chi connectivity index (χ3n) is 11.0. The summed E-state index contributed by atoms with van der Waals surface area (Å²) in [5, 5.41) is 0. The second-order valence-electron chi connectivity index (χ2n) is 17.7. The predicted octanol–water partition coefficient (Wildman–Crippen LogP) is 19.5. The largest absolute Gasteiger partial charge is 0.462 e. The first-order valence-corrected chi connectivity index (χ1v) is 28.0. The van der Waals surface area contributed by atoms with Crippen LogP contribution in [0.3, 0.4) is 0 Å². The molecular formula is C65H102O5. The van der Waals surface area contributed by atoms with Gasteiger partial charge in [0.1, 0.15) is 6.61 Å². The van der Waals surface area contributed by atoms with Crippen LogP contribution in [0.1, 0.15) is 213 Å². The zero-order chi connectivity index (χ0) is 50.6. The van der Waals surface area contributed by atoms with Gasteiger partial charge < -0.3 is 14.2 Å². The van der Waals surface area contributed by atoms with Gasteiger partial charge in [0.2, 0.25) is 0 Å². The number of unbranched alkanes of at least 4 members (excludes halogenated alkanes) is 12. The van der Waals surface area contributed by atoms with Crippen molar-refractivity contribution < 1.29 is 23.8 Å². The molecule has 0 aliphatic carbocycles. The lowest BCUT2D eigenvalue weighted by molar-refractivity contribution is -0.162. The van der Waals surface area contributed by atoms with Crippen molar-refractivity contribution in [2.75, 3.05) is 19.8 Å². The van der Waals surface area contributed by atoms with Gasteiger partial charge in [-0.25, -0.2) is 0 Å². The summed E-state index contributed by atoms with van der Waals surface area (Å²) in [5.74, 6) is -0.518. The van der Waals surface area contributed by atoms with Crippen LogP contribution < -0.4 is 0 Å². The van der Waals surface area contributed by atoms with E-state index >= 15 is 0 Å². The minimum absolute atomic E-state index is 0.0182. The normalized spacial score (nSPS) is 13.5. The second-order valence-corrected chi connectivity index (χ2v) is 17.7. The monoisotopic (exact) mass is 963 g/mol. The Morgan fingerprint density at radius 1 is 0.329 bits per heavy atom. The van der Waals surface area contributed by atoms with E-state index in [0.717, 1.165) is 122 Å². The summed E-state index contributed by atoms with van der Waals surface area (Å²) in [6, 6.07) is 0. The van der Waals surface area contributed by atoms with Gasteiger partial charge in [-0.05, 0) is 135 Å². The van der Waals surface area contributed by atoms with Gasteiger partial charge in [-0.3, -0.25) is 9.59 Å². The van der Waals surface area contributed by atoms with Crippen molar-refractivity contribution in [2.45, 2.75) is 219 Å². The quantitative estimate of drug-likeness (QED) is 0.0345. The molecule has 0 saturated heterocycles. The number of carbonyl (C=O) groups is 2. The molecular weight excluding hydrogens is 861 g/mol. The van der Waals surface area contributed by atoms with E-state index in [9.17, 15) is 9.59 Å². The van der Waals surface area contributed by atoms with Gasteiger partial charge in [-0.2, -0.15) is 0 Å². The number of hydrogen-bond donors (Lipinski definition) is 0. The molecule has 70 heavy (non-hydrogen) atoms. The van der Waals surface area contributed by atoms with Crippen LogP contribution in [0.5, 0.6) is 0 Å². The standard InChI is InChI=1S/C65H102O5/c1-4-7-10-13-16-19-22-25-28-31-32-33-36-39-42-45-48-51-54-57-60-68-61-63(70-65(67)59-56-53-50-47-44-41-38-35-30-27-24-21-18-15-12-9-6-3)62-69-64(66)58-55-52-49-46-43-40-37-34-29-26-23-20-17-14-11-8-5-2/h7-8,10-11,16-21,25-30,32-33,37,39-40,42,46,48-49,51,63H,4-6,9,12-15,22-24,31,34-36,38,41,43-45,47,50,52-62H2,1-3H3/b10-7-,11-8-,19-16-,20-17-,21-18-,28-25-,29-26-,30-27-,33-32-,40-37-,42-39-,49-46-,51-48-. The Morgan fingerprint density at radius 2 is 0.657 bits per heavy atom. The maximum absolute atomic E-state index is 12.9. The molecule has 0 spiro atoms.